The number of nitrogens with zero attached hydrogens (tertiary/aromatic N) is 4. The second kappa shape index (κ2) is 5.96. The lowest BCUT2D eigenvalue weighted by molar-refractivity contribution is 0.0771. The fourth-order valence-electron chi connectivity index (χ4n) is 3.03. The van der Waals surface area contributed by atoms with Crippen molar-refractivity contribution in [3.63, 3.8) is 0 Å². The zero-order chi connectivity index (χ0) is 16.5. The maximum Gasteiger partial charge on any atom is 0.255 e. The number of carbonyl (C=O) groups is 1. The molecule has 0 bridgehead atoms. The Balaban J connectivity index is 1.45. The number of likely N-dealkylation sites (tertiary alicyclic amines) is 1. The molecule has 0 spiro atoms. The zero-order valence-corrected chi connectivity index (χ0v) is 13.4. The van der Waals surface area contributed by atoms with Gasteiger partial charge in [-0.1, -0.05) is 6.07 Å². The summed E-state index contributed by atoms with van der Waals surface area (Å²) in [6.45, 7) is 3.10. The van der Waals surface area contributed by atoms with Crippen molar-refractivity contribution in [2.75, 3.05) is 13.1 Å². The van der Waals surface area contributed by atoms with E-state index in [0.29, 0.717) is 30.4 Å². The Morgan fingerprint density at radius 2 is 2.25 bits per heavy atom. The normalized spacial score (nSPS) is 17.4. The van der Waals surface area contributed by atoms with Gasteiger partial charge in [-0.2, -0.15) is 4.98 Å². The van der Waals surface area contributed by atoms with Crippen LogP contribution in [0, 0.1) is 6.92 Å². The van der Waals surface area contributed by atoms with Crippen LogP contribution >= 0.6 is 0 Å². The highest BCUT2D eigenvalue weighted by molar-refractivity contribution is 5.95. The van der Waals surface area contributed by atoms with Gasteiger partial charge in [-0.3, -0.25) is 4.79 Å². The maximum absolute atomic E-state index is 12.7. The number of ether oxygens (including phenoxy) is 1. The lowest BCUT2D eigenvalue weighted by Crippen LogP contribution is -2.30. The van der Waals surface area contributed by atoms with Crippen molar-refractivity contribution in [3.8, 4) is 5.88 Å². The third-order valence-electron chi connectivity index (χ3n) is 4.22. The van der Waals surface area contributed by atoms with E-state index in [-0.39, 0.29) is 12.0 Å². The largest absolute Gasteiger partial charge is 0.472 e. The van der Waals surface area contributed by atoms with Gasteiger partial charge in [0.25, 0.3) is 5.91 Å². The van der Waals surface area contributed by atoms with Crippen LogP contribution in [-0.2, 0) is 0 Å². The number of pyridine rings is 1. The molecule has 1 aliphatic heterocycles. The highest BCUT2D eigenvalue weighted by atomic mass is 16.5. The topological polar surface area (TPSA) is 59.7 Å². The standard InChI is InChI=1S/C18H18N4O2/c1-13-19-7-5-17(20-13)24-16-6-9-22(12-16)18(23)14-10-15-4-2-3-8-21(15)11-14/h2-5,7-8,10-11,16H,6,9,12H2,1H3/t16-/m0/s1. The summed E-state index contributed by atoms with van der Waals surface area (Å²) in [5, 5.41) is 0. The van der Waals surface area contributed by atoms with Crippen LogP contribution < -0.4 is 4.74 Å². The Hall–Kier alpha value is -2.89. The first kappa shape index (κ1) is 14.7. The predicted octanol–water partition coefficient (Wildman–Crippen LogP) is 2.33. The highest BCUT2D eigenvalue weighted by Crippen LogP contribution is 2.19. The average Bonchev–Trinajstić information content (AvgIpc) is 3.20. The first-order chi connectivity index (χ1) is 11.7. The number of rotatable bonds is 3. The summed E-state index contributed by atoms with van der Waals surface area (Å²) in [6.07, 6.45) is 6.28. The van der Waals surface area contributed by atoms with Crippen molar-refractivity contribution in [1.29, 1.82) is 0 Å². The number of hydrogen-bond acceptors (Lipinski definition) is 4. The number of hydrogen-bond donors (Lipinski definition) is 0. The number of fused-ring (bicyclic) bond motifs is 1. The van der Waals surface area contributed by atoms with Gasteiger partial charge in [-0.15, -0.1) is 0 Å². The van der Waals surface area contributed by atoms with Crippen molar-refractivity contribution >= 4 is 11.4 Å². The van der Waals surface area contributed by atoms with Gasteiger partial charge in [0.1, 0.15) is 11.9 Å². The molecule has 1 aliphatic rings. The lowest BCUT2D eigenvalue weighted by Gasteiger charge is -2.16. The molecule has 0 unspecified atom stereocenters. The van der Waals surface area contributed by atoms with Gasteiger partial charge in [-0.05, 0) is 25.1 Å². The minimum Gasteiger partial charge on any atom is -0.472 e. The number of aromatic nitrogens is 3. The van der Waals surface area contributed by atoms with Crippen LogP contribution in [0.4, 0.5) is 0 Å². The van der Waals surface area contributed by atoms with E-state index in [1.165, 1.54) is 0 Å². The van der Waals surface area contributed by atoms with Gasteiger partial charge in [-0.25, -0.2) is 4.98 Å². The molecule has 4 heterocycles. The molecule has 3 aromatic heterocycles. The van der Waals surface area contributed by atoms with Crippen molar-refractivity contribution in [1.82, 2.24) is 19.3 Å². The second-order valence-corrected chi connectivity index (χ2v) is 5.98. The molecular weight excluding hydrogens is 304 g/mol. The van der Waals surface area contributed by atoms with Crippen LogP contribution in [0.15, 0.2) is 48.9 Å². The molecule has 3 aromatic rings. The highest BCUT2D eigenvalue weighted by Gasteiger charge is 2.29. The summed E-state index contributed by atoms with van der Waals surface area (Å²) in [5.74, 6) is 1.29. The van der Waals surface area contributed by atoms with Crippen molar-refractivity contribution in [2.24, 2.45) is 0 Å². The second-order valence-electron chi connectivity index (χ2n) is 5.98. The van der Waals surface area contributed by atoms with Crippen molar-refractivity contribution < 1.29 is 9.53 Å². The van der Waals surface area contributed by atoms with E-state index in [4.69, 9.17) is 4.74 Å². The molecule has 0 aromatic carbocycles. The monoisotopic (exact) mass is 322 g/mol. The fraction of sp³-hybridized carbons (Fsp3) is 0.278. The molecule has 0 radical (unpaired) electrons. The van der Waals surface area contributed by atoms with E-state index in [1.54, 1.807) is 12.3 Å². The van der Waals surface area contributed by atoms with Gasteiger partial charge in [0.2, 0.25) is 5.88 Å². The number of amides is 1. The Kier molecular flexibility index (Phi) is 3.65. The molecule has 122 valence electrons. The van der Waals surface area contributed by atoms with Gasteiger partial charge in [0, 0.05) is 43.1 Å². The SMILES string of the molecule is Cc1nccc(O[C@H]2CCN(C(=O)c3cc4ccccn4c3)C2)n1. The van der Waals surface area contributed by atoms with Crippen molar-refractivity contribution in [3.05, 3.63) is 60.3 Å². The third kappa shape index (κ3) is 2.82. The minimum absolute atomic E-state index is 0.0275. The Bertz CT molecular complexity index is 856. The lowest BCUT2D eigenvalue weighted by atomic mass is 10.3. The number of carbonyl (C=O) groups excluding carboxylic acids is 1. The van der Waals surface area contributed by atoms with Gasteiger partial charge < -0.3 is 14.0 Å². The molecule has 24 heavy (non-hydrogen) atoms. The molecule has 0 N–H and O–H groups in total. The van der Waals surface area contributed by atoms with Crippen LogP contribution in [0.5, 0.6) is 5.88 Å². The van der Waals surface area contributed by atoms with Crippen LogP contribution in [0.3, 0.4) is 0 Å². The molecule has 6 nitrogen and oxygen atoms in total. The molecule has 1 atom stereocenters. The quantitative estimate of drug-likeness (QED) is 0.742. The smallest absolute Gasteiger partial charge is 0.255 e. The maximum atomic E-state index is 12.7. The summed E-state index contributed by atoms with van der Waals surface area (Å²) < 4.78 is 7.84. The van der Waals surface area contributed by atoms with E-state index < -0.39 is 0 Å². The molecule has 4 rings (SSSR count). The minimum atomic E-state index is -0.0275. The zero-order valence-electron chi connectivity index (χ0n) is 13.4. The molecule has 1 amide bonds. The van der Waals surface area contributed by atoms with Gasteiger partial charge in [0.05, 0.1) is 12.1 Å². The Labute approximate surface area is 139 Å². The summed E-state index contributed by atoms with van der Waals surface area (Å²) in [5.41, 5.74) is 1.73. The molecule has 6 heteroatoms. The Morgan fingerprint density at radius 1 is 1.33 bits per heavy atom. The van der Waals surface area contributed by atoms with E-state index in [1.807, 2.05) is 52.9 Å². The molecular formula is C18H18N4O2. The fourth-order valence-corrected chi connectivity index (χ4v) is 3.03. The third-order valence-corrected chi connectivity index (χ3v) is 4.22. The van der Waals surface area contributed by atoms with Gasteiger partial charge in [0.15, 0.2) is 0 Å². The summed E-state index contributed by atoms with van der Waals surface area (Å²) in [7, 11) is 0. The van der Waals surface area contributed by atoms with Crippen molar-refractivity contribution in [2.45, 2.75) is 19.4 Å². The average molecular weight is 322 g/mol. The molecule has 0 saturated carbocycles. The summed E-state index contributed by atoms with van der Waals surface area (Å²) in [4.78, 5) is 22.9. The van der Waals surface area contributed by atoms with Crippen LogP contribution in [0.25, 0.3) is 5.52 Å². The number of aryl methyl sites for hydroxylation is 1. The van der Waals surface area contributed by atoms with Crippen LogP contribution in [0.2, 0.25) is 0 Å². The summed E-state index contributed by atoms with van der Waals surface area (Å²) in [6, 6.07) is 9.57. The van der Waals surface area contributed by atoms with E-state index in [0.717, 1.165) is 11.9 Å². The first-order valence-corrected chi connectivity index (χ1v) is 8.01. The van der Waals surface area contributed by atoms with E-state index in [9.17, 15) is 4.79 Å². The van der Waals surface area contributed by atoms with E-state index in [2.05, 4.69) is 9.97 Å². The first-order valence-electron chi connectivity index (χ1n) is 8.01. The van der Waals surface area contributed by atoms with E-state index >= 15 is 0 Å². The summed E-state index contributed by atoms with van der Waals surface area (Å²) >= 11 is 0. The van der Waals surface area contributed by atoms with Crippen LogP contribution in [-0.4, -0.2) is 44.4 Å². The van der Waals surface area contributed by atoms with Gasteiger partial charge >= 0.3 is 0 Å². The molecule has 1 fully saturated rings. The molecule has 1 saturated heterocycles. The Morgan fingerprint density at radius 3 is 3.08 bits per heavy atom. The predicted molar refractivity (Wildman–Crippen MR) is 89.1 cm³/mol. The van der Waals surface area contributed by atoms with Crippen LogP contribution in [0.1, 0.15) is 22.6 Å². The molecule has 0 aliphatic carbocycles.